The molecule has 1 aromatic heterocycles. The Hall–Kier alpha value is -1.82. The predicted octanol–water partition coefficient (Wildman–Crippen LogP) is 2.43. The molecule has 0 saturated carbocycles. The van der Waals surface area contributed by atoms with Crippen LogP contribution in [0.2, 0.25) is 0 Å². The summed E-state index contributed by atoms with van der Waals surface area (Å²) in [6.45, 7) is 5.04. The summed E-state index contributed by atoms with van der Waals surface area (Å²) in [6, 6.07) is 6.32. The zero-order valence-electron chi connectivity index (χ0n) is 13.4. The summed E-state index contributed by atoms with van der Waals surface area (Å²) in [5.41, 5.74) is 2.52. The van der Waals surface area contributed by atoms with Crippen molar-refractivity contribution in [2.45, 2.75) is 55.8 Å². The third-order valence-corrected chi connectivity index (χ3v) is 5.87. The molecule has 2 atom stereocenters. The first kappa shape index (κ1) is 14.8. The minimum atomic E-state index is -0.104. The van der Waals surface area contributed by atoms with Gasteiger partial charge in [-0.2, -0.15) is 0 Å². The van der Waals surface area contributed by atoms with E-state index in [1.165, 1.54) is 16.0 Å². The van der Waals surface area contributed by atoms with Crippen molar-refractivity contribution in [1.82, 2.24) is 20.1 Å². The molecule has 0 unspecified atom stereocenters. The van der Waals surface area contributed by atoms with E-state index in [-0.39, 0.29) is 17.2 Å². The van der Waals surface area contributed by atoms with Gasteiger partial charge in [-0.1, -0.05) is 17.7 Å². The highest BCUT2D eigenvalue weighted by Gasteiger charge is 2.30. The Labute approximate surface area is 139 Å². The molecule has 0 aliphatic carbocycles. The molecule has 1 N–H and O–H groups in total. The molecule has 2 aromatic rings. The van der Waals surface area contributed by atoms with Crippen molar-refractivity contribution in [3.05, 3.63) is 41.0 Å². The van der Waals surface area contributed by atoms with Crippen LogP contribution < -0.4 is 5.32 Å². The van der Waals surface area contributed by atoms with E-state index in [1.54, 1.807) is 11.8 Å². The molecule has 1 amide bonds. The fourth-order valence-corrected chi connectivity index (χ4v) is 4.65. The van der Waals surface area contributed by atoms with Gasteiger partial charge in [0.15, 0.2) is 5.82 Å². The number of carbonyl (C=O) groups is 1. The highest BCUT2D eigenvalue weighted by atomic mass is 32.2. The zero-order valence-corrected chi connectivity index (χ0v) is 14.2. The van der Waals surface area contributed by atoms with Crippen molar-refractivity contribution in [3.63, 3.8) is 0 Å². The largest absolute Gasteiger partial charge is 0.345 e. The lowest BCUT2D eigenvalue weighted by molar-refractivity contribution is -0.121. The van der Waals surface area contributed by atoms with Crippen LogP contribution in [0.3, 0.4) is 0 Å². The number of hydrogen-bond acceptors (Lipinski definition) is 4. The molecule has 4 rings (SSSR count). The highest BCUT2D eigenvalue weighted by molar-refractivity contribution is 8.01. The second-order valence-electron chi connectivity index (χ2n) is 6.38. The zero-order chi connectivity index (χ0) is 16.0. The number of aromatic nitrogens is 3. The van der Waals surface area contributed by atoms with Crippen LogP contribution >= 0.6 is 11.8 Å². The van der Waals surface area contributed by atoms with Gasteiger partial charge in [-0.15, -0.1) is 22.0 Å². The highest BCUT2D eigenvalue weighted by Crippen LogP contribution is 2.37. The number of amides is 1. The van der Waals surface area contributed by atoms with Gasteiger partial charge in [0.2, 0.25) is 5.91 Å². The molecular weight excluding hydrogens is 308 g/mol. The molecule has 3 heterocycles. The van der Waals surface area contributed by atoms with E-state index in [2.05, 4.69) is 45.2 Å². The number of rotatable bonds is 3. The van der Waals surface area contributed by atoms with E-state index in [4.69, 9.17) is 0 Å². The SMILES string of the molecule is Cc1ccc2c(c1)S[C@H](C(=O)N[C@H](C)c1nnc3n1CCC3)C2. The lowest BCUT2D eigenvalue weighted by Gasteiger charge is -2.16. The quantitative estimate of drug-likeness (QED) is 0.940. The van der Waals surface area contributed by atoms with E-state index in [0.29, 0.717) is 0 Å². The second kappa shape index (κ2) is 5.67. The van der Waals surface area contributed by atoms with E-state index < -0.39 is 0 Å². The first-order chi connectivity index (χ1) is 11.1. The number of nitrogens with zero attached hydrogens (tertiary/aromatic N) is 3. The van der Waals surface area contributed by atoms with Gasteiger partial charge in [-0.3, -0.25) is 4.79 Å². The molecule has 0 saturated heterocycles. The van der Waals surface area contributed by atoms with Crippen molar-refractivity contribution in [2.24, 2.45) is 0 Å². The summed E-state index contributed by atoms with van der Waals surface area (Å²) >= 11 is 1.67. The molecule has 0 fully saturated rings. The normalized spacial score (nSPS) is 20.2. The summed E-state index contributed by atoms with van der Waals surface area (Å²) in [5, 5.41) is 11.6. The molecule has 0 bridgehead atoms. The van der Waals surface area contributed by atoms with Crippen LogP contribution in [0.4, 0.5) is 0 Å². The Bertz CT molecular complexity index is 770. The molecule has 2 aliphatic rings. The minimum absolute atomic E-state index is 0.0461. The van der Waals surface area contributed by atoms with E-state index in [9.17, 15) is 4.79 Å². The van der Waals surface area contributed by atoms with Gasteiger partial charge in [-0.05, 0) is 38.3 Å². The van der Waals surface area contributed by atoms with Gasteiger partial charge in [0, 0.05) is 17.9 Å². The van der Waals surface area contributed by atoms with Crippen LogP contribution in [0.5, 0.6) is 0 Å². The molecular formula is C17H20N4OS. The van der Waals surface area contributed by atoms with Crippen molar-refractivity contribution < 1.29 is 4.79 Å². The maximum Gasteiger partial charge on any atom is 0.234 e. The van der Waals surface area contributed by atoms with Gasteiger partial charge in [0.05, 0.1) is 11.3 Å². The lowest BCUT2D eigenvalue weighted by atomic mass is 10.1. The minimum Gasteiger partial charge on any atom is -0.345 e. The fourth-order valence-electron chi connectivity index (χ4n) is 3.35. The summed E-state index contributed by atoms with van der Waals surface area (Å²) in [6.07, 6.45) is 2.91. The van der Waals surface area contributed by atoms with Crippen molar-refractivity contribution in [3.8, 4) is 0 Å². The van der Waals surface area contributed by atoms with Gasteiger partial charge in [-0.25, -0.2) is 0 Å². The first-order valence-corrected chi connectivity index (χ1v) is 8.98. The summed E-state index contributed by atoms with van der Waals surface area (Å²) in [5.74, 6) is 2.01. The van der Waals surface area contributed by atoms with Crippen LogP contribution in [0.1, 0.15) is 42.2 Å². The smallest absolute Gasteiger partial charge is 0.234 e. The molecule has 0 radical (unpaired) electrons. The van der Waals surface area contributed by atoms with Crippen LogP contribution in [0.25, 0.3) is 0 Å². The average Bonchev–Trinajstić information content (AvgIpc) is 3.20. The van der Waals surface area contributed by atoms with Crippen molar-refractivity contribution >= 4 is 17.7 Å². The van der Waals surface area contributed by atoms with E-state index in [1.807, 2.05) is 6.92 Å². The topological polar surface area (TPSA) is 59.8 Å². The molecule has 120 valence electrons. The van der Waals surface area contributed by atoms with Gasteiger partial charge in [0.25, 0.3) is 0 Å². The molecule has 5 nitrogen and oxygen atoms in total. The third kappa shape index (κ3) is 2.65. The van der Waals surface area contributed by atoms with Crippen molar-refractivity contribution in [2.75, 3.05) is 0 Å². The number of hydrogen-bond donors (Lipinski definition) is 1. The monoisotopic (exact) mass is 328 g/mol. The Morgan fingerprint density at radius 3 is 3.17 bits per heavy atom. The lowest BCUT2D eigenvalue weighted by Crippen LogP contribution is -2.35. The predicted molar refractivity (Wildman–Crippen MR) is 89.4 cm³/mol. The van der Waals surface area contributed by atoms with Gasteiger partial charge in [0.1, 0.15) is 5.82 Å². The third-order valence-electron chi connectivity index (χ3n) is 4.57. The number of thioether (sulfide) groups is 1. The maximum atomic E-state index is 12.6. The van der Waals surface area contributed by atoms with Crippen LogP contribution in [0, 0.1) is 6.92 Å². The Balaban J connectivity index is 1.44. The fraction of sp³-hybridized carbons (Fsp3) is 0.471. The second-order valence-corrected chi connectivity index (χ2v) is 7.63. The van der Waals surface area contributed by atoms with Crippen molar-refractivity contribution in [1.29, 1.82) is 0 Å². The van der Waals surface area contributed by atoms with Crippen LogP contribution in [-0.2, 0) is 24.2 Å². The van der Waals surface area contributed by atoms with E-state index in [0.717, 1.165) is 37.5 Å². The van der Waals surface area contributed by atoms with Gasteiger partial charge >= 0.3 is 0 Å². The Morgan fingerprint density at radius 2 is 2.30 bits per heavy atom. The van der Waals surface area contributed by atoms with E-state index >= 15 is 0 Å². The number of carbonyl (C=O) groups excluding carboxylic acids is 1. The summed E-state index contributed by atoms with van der Waals surface area (Å²) in [7, 11) is 0. The maximum absolute atomic E-state index is 12.6. The molecule has 0 spiro atoms. The Kier molecular flexibility index (Phi) is 3.64. The van der Waals surface area contributed by atoms with Gasteiger partial charge < -0.3 is 9.88 Å². The Morgan fingerprint density at radius 1 is 1.43 bits per heavy atom. The molecule has 1 aromatic carbocycles. The number of nitrogens with one attached hydrogen (secondary N) is 1. The standard InChI is InChI=1S/C17H20N4OS/c1-10-5-6-12-9-14(23-13(12)8-10)17(22)18-11(2)16-20-19-15-4-3-7-21(15)16/h5-6,8,11,14H,3-4,7,9H2,1-2H3,(H,18,22)/t11-,14+/m1/s1. The average molecular weight is 328 g/mol. The number of aryl methyl sites for hydroxylation is 2. The molecule has 23 heavy (non-hydrogen) atoms. The molecule has 2 aliphatic heterocycles. The van der Waals surface area contributed by atoms with Crippen LogP contribution in [0.15, 0.2) is 23.1 Å². The van der Waals surface area contributed by atoms with Crippen LogP contribution in [-0.4, -0.2) is 25.9 Å². The molecule has 6 heteroatoms. The summed E-state index contributed by atoms with van der Waals surface area (Å²) in [4.78, 5) is 13.9. The number of fused-ring (bicyclic) bond motifs is 2. The number of benzene rings is 1. The summed E-state index contributed by atoms with van der Waals surface area (Å²) < 4.78 is 2.14. The first-order valence-electron chi connectivity index (χ1n) is 8.10.